The molecule has 1 fully saturated rings. The molecule has 2 heterocycles. The molecule has 1 amide bonds. The number of carbonyl (C=O) groups is 1. The van der Waals surface area contributed by atoms with E-state index in [1.54, 1.807) is 23.9 Å². The van der Waals surface area contributed by atoms with Crippen LogP contribution in [0.3, 0.4) is 0 Å². The van der Waals surface area contributed by atoms with Gasteiger partial charge in [-0.05, 0) is 40.8 Å². The molecule has 156 valence electrons. The Labute approximate surface area is 183 Å². The summed E-state index contributed by atoms with van der Waals surface area (Å²) in [5, 5.41) is 12.9. The van der Waals surface area contributed by atoms with Crippen molar-refractivity contribution in [3.63, 3.8) is 0 Å². The van der Waals surface area contributed by atoms with Gasteiger partial charge in [0, 0.05) is 31.2 Å². The lowest BCUT2D eigenvalue weighted by molar-refractivity contribution is -0.128. The maximum atomic E-state index is 12.7. The van der Waals surface area contributed by atoms with Gasteiger partial charge in [0.15, 0.2) is 0 Å². The average molecular weight is 445 g/mol. The number of piperazine rings is 1. The van der Waals surface area contributed by atoms with E-state index in [-0.39, 0.29) is 11.7 Å². The molecule has 0 spiro atoms. The Morgan fingerprint density at radius 1 is 1.13 bits per heavy atom. The summed E-state index contributed by atoms with van der Waals surface area (Å²) in [5.74, 6) is 1.19. The van der Waals surface area contributed by atoms with E-state index in [0.717, 1.165) is 30.2 Å². The molecule has 30 heavy (non-hydrogen) atoms. The van der Waals surface area contributed by atoms with Crippen molar-refractivity contribution in [2.24, 2.45) is 0 Å². The van der Waals surface area contributed by atoms with Gasteiger partial charge in [0.1, 0.15) is 5.75 Å². The summed E-state index contributed by atoms with van der Waals surface area (Å²) in [5.41, 5.74) is 1.81. The van der Waals surface area contributed by atoms with E-state index in [2.05, 4.69) is 20.4 Å². The summed E-state index contributed by atoms with van der Waals surface area (Å²) in [6, 6.07) is 15.2. The van der Waals surface area contributed by atoms with Gasteiger partial charge in [-0.25, -0.2) is 0 Å². The fourth-order valence-electron chi connectivity index (χ4n) is 3.34. The molecule has 0 unspecified atom stereocenters. The maximum absolute atomic E-state index is 12.7. The predicted molar refractivity (Wildman–Crippen MR) is 117 cm³/mol. The van der Waals surface area contributed by atoms with E-state index in [1.165, 1.54) is 11.8 Å². The fraction of sp³-hybridized carbons (Fsp3) is 0.300. The fourth-order valence-corrected chi connectivity index (χ4v) is 4.32. The number of benzene rings is 2. The molecule has 3 aromatic rings. The summed E-state index contributed by atoms with van der Waals surface area (Å²) in [7, 11) is 1.67. The number of rotatable bonds is 6. The predicted octanol–water partition coefficient (Wildman–Crippen LogP) is 2.77. The highest BCUT2D eigenvalue weighted by Gasteiger charge is 2.23. The van der Waals surface area contributed by atoms with E-state index in [0.29, 0.717) is 23.3 Å². The van der Waals surface area contributed by atoms with Crippen molar-refractivity contribution in [1.29, 1.82) is 0 Å². The molecular weight excluding hydrogens is 424 g/mol. The molecule has 1 aliphatic rings. The normalized spacial score (nSPS) is 14.1. The Morgan fingerprint density at radius 2 is 1.93 bits per heavy atom. The number of tetrazole rings is 1. The topological polar surface area (TPSA) is 76.4 Å². The van der Waals surface area contributed by atoms with E-state index < -0.39 is 0 Å². The van der Waals surface area contributed by atoms with Gasteiger partial charge in [0.2, 0.25) is 11.1 Å². The maximum Gasteiger partial charge on any atom is 0.233 e. The van der Waals surface area contributed by atoms with Crippen LogP contribution in [0.5, 0.6) is 5.75 Å². The second kappa shape index (κ2) is 9.36. The van der Waals surface area contributed by atoms with E-state index >= 15 is 0 Å². The number of hydrogen-bond donors (Lipinski definition) is 0. The third-order valence-corrected chi connectivity index (χ3v) is 6.02. The summed E-state index contributed by atoms with van der Waals surface area (Å²) in [6.07, 6.45) is 0. The molecular formula is C20H21ClN6O2S. The van der Waals surface area contributed by atoms with Gasteiger partial charge in [0.25, 0.3) is 0 Å². The number of para-hydroxylation sites is 2. The first kappa shape index (κ1) is 20.5. The standard InChI is InChI=1S/C20H21ClN6O2S/c1-29-18-8-3-2-7-17(18)25-9-11-26(12-10-25)19(28)14-30-20-22-23-24-27(20)16-6-4-5-15(21)13-16/h2-8,13H,9-12,14H2,1H3. The molecule has 0 atom stereocenters. The van der Waals surface area contributed by atoms with Gasteiger partial charge in [-0.3, -0.25) is 4.79 Å². The summed E-state index contributed by atoms with van der Waals surface area (Å²) in [6.45, 7) is 2.85. The number of aromatic nitrogens is 4. The highest BCUT2D eigenvalue weighted by Crippen LogP contribution is 2.28. The molecule has 1 aliphatic heterocycles. The summed E-state index contributed by atoms with van der Waals surface area (Å²) < 4.78 is 7.04. The van der Waals surface area contributed by atoms with Gasteiger partial charge in [-0.2, -0.15) is 4.68 Å². The highest BCUT2D eigenvalue weighted by atomic mass is 35.5. The van der Waals surface area contributed by atoms with Gasteiger partial charge in [0.05, 0.1) is 24.2 Å². The van der Waals surface area contributed by atoms with Gasteiger partial charge in [-0.15, -0.1) is 5.10 Å². The number of anilines is 1. The third-order valence-electron chi connectivity index (χ3n) is 4.88. The van der Waals surface area contributed by atoms with Crippen molar-refractivity contribution in [3.05, 3.63) is 53.6 Å². The van der Waals surface area contributed by atoms with Crippen LogP contribution in [0, 0.1) is 0 Å². The van der Waals surface area contributed by atoms with E-state index in [1.807, 2.05) is 41.3 Å². The molecule has 8 nitrogen and oxygen atoms in total. The molecule has 0 bridgehead atoms. The number of carbonyl (C=O) groups excluding carboxylic acids is 1. The largest absolute Gasteiger partial charge is 0.495 e. The Bertz CT molecular complexity index is 1020. The Kier molecular flexibility index (Phi) is 6.39. The molecule has 4 rings (SSSR count). The number of ether oxygens (including phenoxy) is 1. The third kappa shape index (κ3) is 4.52. The van der Waals surface area contributed by atoms with Crippen LogP contribution >= 0.6 is 23.4 Å². The van der Waals surface area contributed by atoms with Gasteiger partial charge < -0.3 is 14.5 Å². The first-order valence-electron chi connectivity index (χ1n) is 9.48. The summed E-state index contributed by atoms with van der Waals surface area (Å²) in [4.78, 5) is 16.9. The number of amides is 1. The zero-order chi connectivity index (χ0) is 20.9. The van der Waals surface area contributed by atoms with Crippen LogP contribution in [0.2, 0.25) is 5.02 Å². The number of methoxy groups -OCH3 is 1. The lowest BCUT2D eigenvalue weighted by Gasteiger charge is -2.36. The smallest absolute Gasteiger partial charge is 0.233 e. The first-order chi connectivity index (χ1) is 14.7. The zero-order valence-electron chi connectivity index (χ0n) is 16.4. The lowest BCUT2D eigenvalue weighted by atomic mass is 10.2. The van der Waals surface area contributed by atoms with Crippen molar-refractivity contribution in [2.75, 3.05) is 43.9 Å². The summed E-state index contributed by atoms with van der Waals surface area (Å²) >= 11 is 7.38. The number of thioether (sulfide) groups is 1. The zero-order valence-corrected chi connectivity index (χ0v) is 18.0. The average Bonchev–Trinajstić information content (AvgIpc) is 3.26. The first-order valence-corrected chi connectivity index (χ1v) is 10.8. The minimum Gasteiger partial charge on any atom is -0.495 e. The SMILES string of the molecule is COc1ccccc1N1CCN(C(=O)CSc2nnnn2-c2cccc(Cl)c2)CC1. The molecule has 10 heteroatoms. The van der Waals surface area contributed by atoms with Crippen molar-refractivity contribution in [3.8, 4) is 11.4 Å². The number of nitrogens with zero attached hydrogens (tertiary/aromatic N) is 6. The Balaban J connectivity index is 1.34. The molecule has 0 saturated carbocycles. The van der Waals surface area contributed by atoms with Gasteiger partial charge in [-0.1, -0.05) is 41.6 Å². The number of hydrogen-bond acceptors (Lipinski definition) is 7. The minimum absolute atomic E-state index is 0.0697. The van der Waals surface area contributed by atoms with Crippen molar-refractivity contribution < 1.29 is 9.53 Å². The van der Waals surface area contributed by atoms with Crippen LogP contribution in [0.25, 0.3) is 5.69 Å². The molecule has 1 saturated heterocycles. The monoisotopic (exact) mass is 444 g/mol. The second-order valence-electron chi connectivity index (χ2n) is 6.68. The van der Waals surface area contributed by atoms with Crippen molar-refractivity contribution >= 4 is 35.0 Å². The van der Waals surface area contributed by atoms with Crippen LogP contribution < -0.4 is 9.64 Å². The van der Waals surface area contributed by atoms with Crippen LogP contribution in [-0.2, 0) is 4.79 Å². The molecule has 0 radical (unpaired) electrons. The van der Waals surface area contributed by atoms with Crippen molar-refractivity contribution in [2.45, 2.75) is 5.16 Å². The Hall–Kier alpha value is -2.78. The number of halogens is 1. The quantitative estimate of drug-likeness (QED) is 0.541. The highest BCUT2D eigenvalue weighted by molar-refractivity contribution is 7.99. The van der Waals surface area contributed by atoms with E-state index in [4.69, 9.17) is 16.3 Å². The molecule has 1 aromatic heterocycles. The second-order valence-corrected chi connectivity index (χ2v) is 8.06. The molecule has 0 N–H and O–H groups in total. The van der Waals surface area contributed by atoms with E-state index in [9.17, 15) is 4.79 Å². The van der Waals surface area contributed by atoms with Crippen molar-refractivity contribution in [1.82, 2.24) is 25.1 Å². The Morgan fingerprint density at radius 3 is 2.70 bits per heavy atom. The van der Waals surface area contributed by atoms with Crippen LogP contribution in [0.1, 0.15) is 0 Å². The van der Waals surface area contributed by atoms with Crippen LogP contribution in [0.4, 0.5) is 5.69 Å². The van der Waals surface area contributed by atoms with Crippen LogP contribution in [0.15, 0.2) is 53.7 Å². The molecule has 0 aliphatic carbocycles. The van der Waals surface area contributed by atoms with Gasteiger partial charge >= 0.3 is 0 Å². The molecule has 2 aromatic carbocycles. The van der Waals surface area contributed by atoms with Crippen LogP contribution in [-0.4, -0.2) is 70.1 Å². The lowest BCUT2D eigenvalue weighted by Crippen LogP contribution is -2.49. The minimum atomic E-state index is 0.0697.